The minimum atomic E-state index is -0.246. The van der Waals surface area contributed by atoms with Gasteiger partial charge in [-0.3, -0.25) is 4.79 Å². The molecule has 2 bridgehead atoms. The summed E-state index contributed by atoms with van der Waals surface area (Å²) in [7, 11) is 0. The Kier molecular flexibility index (Phi) is 4.68. The molecule has 0 saturated heterocycles. The van der Waals surface area contributed by atoms with E-state index in [-0.39, 0.29) is 22.6 Å². The molecule has 5 nitrogen and oxygen atoms in total. The Bertz CT molecular complexity index is 1240. The summed E-state index contributed by atoms with van der Waals surface area (Å²) in [5.74, 6) is -0.0411. The van der Waals surface area contributed by atoms with E-state index in [1.165, 1.54) is 17.7 Å². The average molecular weight is 446 g/mol. The van der Waals surface area contributed by atoms with Crippen LogP contribution in [0.25, 0.3) is 11.0 Å². The maximum absolute atomic E-state index is 13.4. The van der Waals surface area contributed by atoms with E-state index in [2.05, 4.69) is 15.6 Å². The van der Waals surface area contributed by atoms with Crippen LogP contribution in [0.2, 0.25) is 0 Å². The van der Waals surface area contributed by atoms with Crippen LogP contribution in [0.5, 0.6) is 0 Å². The van der Waals surface area contributed by atoms with Crippen molar-refractivity contribution in [2.75, 3.05) is 6.54 Å². The van der Waals surface area contributed by atoms with E-state index < -0.39 is 0 Å². The van der Waals surface area contributed by atoms with Crippen LogP contribution in [-0.2, 0) is 29.1 Å². The van der Waals surface area contributed by atoms with Crippen molar-refractivity contribution in [1.29, 1.82) is 0 Å². The van der Waals surface area contributed by atoms with Gasteiger partial charge in [-0.25, -0.2) is 9.37 Å². The van der Waals surface area contributed by atoms with E-state index >= 15 is 0 Å². The number of carbonyl (C=O) groups excluding carboxylic acids is 2. The first-order valence-electron chi connectivity index (χ1n) is 11.9. The highest BCUT2D eigenvalue weighted by Crippen LogP contribution is 2.62. The highest BCUT2D eigenvalue weighted by molar-refractivity contribution is 5.84. The van der Waals surface area contributed by atoms with Crippen molar-refractivity contribution in [3.05, 3.63) is 65.2 Å². The van der Waals surface area contributed by atoms with Crippen LogP contribution in [-0.4, -0.2) is 33.2 Å². The number of fused-ring (bicyclic) bond motifs is 5. The molecule has 1 aromatic carbocycles. The van der Waals surface area contributed by atoms with Gasteiger partial charge in [0, 0.05) is 42.2 Å². The Balaban J connectivity index is 1.28. The summed E-state index contributed by atoms with van der Waals surface area (Å²) < 4.78 is 15.6. The molecule has 6 rings (SSSR count). The predicted octanol–water partition coefficient (Wildman–Crippen LogP) is 4.65. The Hall–Kier alpha value is -3.02. The number of nitrogens with zero attached hydrogens (tertiary/aromatic N) is 3. The Labute approximate surface area is 192 Å². The minimum absolute atomic E-state index is 0.0145. The van der Waals surface area contributed by atoms with Crippen molar-refractivity contribution in [3.63, 3.8) is 0 Å². The van der Waals surface area contributed by atoms with Gasteiger partial charge in [0.1, 0.15) is 17.8 Å². The van der Waals surface area contributed by atoms with Gasteiger partial charge in [0.25, 0.3) is 0 Å². The second-order valence-corrected chi connectivity index (χ2v) is 10.4. The van der Waals surface area contributed by atoms with Crippen molar-refractivity contribution in [1.82, 2.24) is 14.5 Å². The van der Waals surface area contributed by atoms with Gasteiger partial charge in [-0.1, -0.05) is 12.1 Å². The summed E-state index contributed by atoms with van der Waals surface area (Å²) >= 11 is 0. The molecule has 2 aliphatic carbocycles. The molecular formula is C27H28FN3O2. The van der Waals surface area contributed by atoms with E-state index in [0.717, 1.165) is 67.1 Å². The van der Waals surface area contributed by atoms with Crippen molar-refractivity contribution in [2.45, 2.75) is 58.0 Å². The molecule has 1 aliphatic heterocycles. The molecule has 0 unspecified atom stereocenters. The second kappa shape index (κ2) is 7.51. The van der Waals surface area contributed by atoms with Gasteiger partial charge in [-0.05, 0) is 79.3 Å². The number of benzene rings is 1. The minimum Gasteiger partial charge on any atom is -0.337 e. The van der Waals surface area contributed by atoms with Gasteiger partial charge in [0.05, 0.1) is 6.54 Å². The molecular weight excluding hydrogens is 417 g/mol. The van der Waals surface area contributed by atoms with Crippen LogP contribution in [0.4, 0.5) is 4.39 Å². The maximum atomic E-state index is 13.4. The van der Waals surface area contributed by atoms with Gasteiger partial charge in [0.2, 0.25) is 5.91 Å². The summed E-state index contributed by atoms with van der Waals surface area (Å²) in [5, 5.41) is 1.14. The largest absolute Gasteiger partial charge is 0.337 e. The molecule has 3 aromatic rings. The maximum Gasteiger partial charge on any atom is 0.223 e. The van der Waals surface area contributed by atoms with Crippen molar-refractivity contribution < 1.29 is 14.0 Å². The zero-order chi connectivity index (χ0) is 22.6. The molecule has 0 atom stereocenters. The van der Waals surface area contributed by atoms with E-state index in [9.17, 15) is 14.0 Å². The molecule has 0 spiro atoms. The fourth-order valence-corrected chi connectivity index (χ4v) is 6.63. The Morgan fingerprint density at radius 1 is 1.12 bits per heavy atom. The number of carbonyl (C=O) groups is 2. The molecule has 3 heterocycles. The quantitative estimate of drug-likeness (QED) is 0.538. The smallest absolute Gasteiger partial charge is 0.223 e. The lowest BCUT2D eigenvalue weighted by molar-refractivity contribution is -0.134. The van der Waals surface area contributed by atoms with Crippen molar-refractivity contribution >= 4 is 23.2 Å². The lowest BCUT2D eigenvalue weighted by atomic mass is 9.80. The standard InChI is InChI=1S/C27H28FN3O2/c28-20-5-3-19(4-6-20)15-31-23-16-30(13-7-21(23)22-2-1-12-29-25(22)31)24(33)14-26-8-10-27(17-26,18-32)11-9-26/h1-6,12,18H,7-11,13-17H2. The van der Waals surface area contributed by atoms with Crippen LogP contribution in [0.15, 0.2) is 42.6 Å². The highest BCUT2D eigenvalue weighted by Gasteiger charge is 2.55. The molecule has 1 amide bonds. The number of hydrogen-bond donors (Lipinski definition) is 0. The fraction of sp³-hybridized carbons (Fsp3) is 0.444. The van der Waals surface area contributed by atoms with Gasteiger partial charge in [0.15, 0.2) is 0 Å². The summed E-state index contributed by atoms with van der Waals surface area (Å²) in [4.78, 5) is 31.7. The number of rotatable bonds is 5. The molecule has 170 valence electrons. The SMILES string of the molecule is O=CC12CCC(CC(=O)N3CCc4c(n(Cc5ccc(F)cc5)c5ncccc45)C3)(CC1)C2. The summed E-state index contributed by atoms with van der Waals surface area (Å²) in [5.41, 5.74) is 4.17. The van der Waals surface area contributed by atoms with Crippen LogP contribution in [0.1, 0.15) is 55.3 Å². The number of hydrogen-bond acceptors (Lipinski definition) is 3. The number of amides is 1. The molecule has 2 aromatic heterocycles. The molecule has 6 heteroatoms. The fourth-order valence-electron chi connectivity index (χ4n) is 6.63. The third-order valence-corrected chi connectivity index (χ3v) is 8.43. The first-order chi connectivity index (χ1) is 16.0. The van der Waals surface area contributed by atoms with Crippen molar-refractivity contribution in [3.8, 4) is 0 Å². The van der Waals surface area contributed by atoms with Gasteiger partial charge >= 0.3 is 0 Å². The summed E-state index contributed by atoms with van der Waals surface area (Å²) in [6.45, 7) is 1.88. The zero-order valence-corrected chi connectivity index (χ0v) is 18.7. The monoisotopic (exact) mass is 445 g/mol. The summed E-state index contributed by atoms with van der Waals surface area (Å²) in [6, 6.07) is 10.6. The number of aromatic nitrogens is 2. The number of pyridine rings is 1. The molecule has 3 aliphatic rings. The molecule has 33 heavy (non-hydrogen) atoms. The van der Waals surface area contributed by atoms with E-state index in [1.807, 2.05) is 11.0 Å². The molecule has 0 N–H and O–H groups in total. The zero-order valence-electron chi connectivity index (χ0n) is 18.7. The van der Waals surface area contributed by atoms with Crippen LogP contribution in [0, 0.1) is 16.6 Å². The first-order valence-corrected chi connectivity index (χ1v) is 11.9. The third-order valence-electron chi connectivity index (χ3n) is 8.43. The third kappa shape index (κ3) is 3.38. The topological polar surface area (TPSA) is 55.2 Å². The lowest BCUT2D eigenvalue weighted by Gasteiger charge is -2.33. The van der Waals surface area contributed by atoms with Crippen LogP contribution >= 0.6 is 0 Å². The lowest BCUT2D eigenvalue weighted by Crippen LogP contribution is -2.39. The Morgan fingerprint density at radius 3 is 2.64 bits per heavy atom. The second-order valence-electron chi connectivity index (χ2n) is 10.4. The number of aldehydes is 1. The van der Waals surface area contributed by atoms with E-state index in [0.29, 0.717) is 26.1 Å². The van der Waals surface area contributed by atoms with Crippen molar-refractivity contribution in [2.24, 2.45) is 10.8 Å². The molecule has 2 saturated carbocycles. The van der Waals surface area contributed by atoms with E-state index in [4.69, 9.17) is 0 Å². The first kappa shape index (κ1) is 20.6. The average Bonchev–Trinajstić information content (AvgIpc) is 3.49. The normalized spacial score (nSPS) is 26.0. The molecule has 0 radical (unpaired) electrons. The Morgan fingerprint density at radius 2 is 1.91 bits per heavy atom. The van der Waals surface area contributed by atoms with Gasteiger partial charge in [-0.2, -0.15) is 0 Å². The van der Waals surface area contributed by atoms with Crippen LogP contribution < -0.4 is 0 Å². The highest BCUT2D eigenvalue weighted by atomic mass is 19.1. The van der Waals surface area contributed by atoms with Gasteiger partial charge in [-0.15, -0.1) is 0 Å². The van der Waals surface area contributed by atoms with Gasteiger partial charge < -0.3 is 14.3 Å². The number of halogens is 1. The van der Waals surface area contributed by atoms with E-state index in [1.54, 1.807) is 18.3 Å². The molecule has 2 fully saturated rings. The van der Waals surface area contributed by atoms with Crippen LogP contribution in [0.3, 0.4) is 0 Å². The summed E-state index contributed by atoms with van der Waals surface area (Å²) in [6.07, 6.45) is 9.05. The predicted molar refractivity (Wildman–Crippen MR) is 123 cm³/mol.